The Labute approximate surface area is 112 Å². The Kier molecular flexibility index (Phi) is 4.16. The Morgan fingerprint density at radius 2 is 2.21 bits per heavy atom. The summed E-state index contributed by atoms with van der Waals surface area (Å²) >= 11 is 0. The van der Waals surface area contributed by atoms with Gasteiger partial charge in [-0.25, -0.2) is 0 Å². The molecule has 0 amide bonds. The first-order valence-electron chi connectivity index (χ1n) is 6.38. The molecule has 5 nitrogen and oxygen atoms in total. The van der Waals surface area contributed by atoms with E-state index in [9.17, 15) is 0 Å². The number of hydrogen-bond acceptors (Lipinski definition) is 5. The number of aryl methyl sites for hydroxylation is 2. The monoisotopic (exact) mass is 261 g/mol. The van der Waals surface area contributed by atoms with E-state index in [0.717, 1.165) is 29.7 Å². The van der Waals surface area contributed by atoms with Gasteiger partial charge in [0.25, 0.3) is 0 Å². The maximum absolute atomic E-state index is 6.16. The molecule has 1 atom stereocenters. The van der Waals surface area contributed by atoms with Gasteiger partial charge in [0.2, 0.25) is 5.89 Å². The van der Waals surface area contributed by atoms with Crippen LogP contribution < -0.4 is 10.5 Å². The highest BCUT2D eigenvalue weighted by Crippen LogP contribution is 2.24. The molecular formula is C14H19N3O2. The van der Waals surface area contributed by atoms with Gasteiger partial charge in [0, 0.05) is 6.42 Å². The molecule has 0 radical (unpaired) electrons. The Hall–Kier alpha value is -1.88. The second-order valence-electron chi connectivity index (χ2n) is 4.50. The molecule has 0 aliphatic heterocycles. The minimum Gasteiger partial charge on any atom is -0.496 e. The summed E-state index contributed by atoms with van der Waals surface area (Å²) in [6, 6.07) is 5.43. The lowest BCUT2D eigenvalue weighted by Gasteiger charge is -2.10. The van der Waals surface area contributed by atoms with Crippen molar-refractivity contribution >= 4 is 0 Å². The number of nitrogens with two attached hydrogens (primary N) is 1. The quantitative estimate of drug-likeness (QED) is 0.894. The number of hydrogen-bond donors (Lipinski definition) is 1. The van der Waals surface area contributed by atoms with E-state index in [0.29, 0.717) is 11.7 Å². The summed E-state index contributed by atoms with van der Waals surface area (Å²) in [5.74, 6) is 2.00. The van der Waals surface area contributed by atoms with Gasteiger partial charge < -0.3 is 15.0 Å². The third-order valence-corrected chi connectivity index (χ3v) is 3.00. The van der Waals surface area contributed by atoms with E-state index in [1.54, 1.807) is 7.11 Å². The van der Waals surface area contributed by atoms with Crippen LogP contribution in [0, 0.1) is 6.92 Å². The molecule has 1 aromatic heterocycles. The van der Waals surface area contributed by atoms with Gasteiger partial charge in [-0.15, -0.1) is 0 Å². The number of methoxy groups -OCH3 is 1. The van der Waals surface area contributed by atoms with Crippen molar-refractivity contribution in [2.75, 3.05) is 7.11 Å². The fourth-order valence-corrected chi connectivity index (χ4v) is 1.95. The molecule has 0 spiro atoms. The third kappa shape index (κ3) is 2.93. The molecule has 2 aromatic rings. The van der Waals surface area contributed by atoms with Crippen molar-refractivity contribution in [3.05, 3.63) is 41.0 Å². The van der Waals surface area contributed by atoms with Crippen molar-refractivity contribution in [1.82, 2.24) is 10.1 Å². The number of benzene rings is 1. The molecule has 0 aliphatic carbocycles. The van der Waals surface area contributed by atoms with Crippen LogP contribution in [-0.4, -0.2) is 17.3 Å². The summed E-state index contributed by atoms with van der Waals surface area (Å²) in [5, 5.41) is 3.94. The van der Waals surface area contributed by atoms with Gasteiger partial charge in [0.15, 0.2) is 5.82 Å². The second-order valence-corrected chi connectivity index (χ2v) is 4.50. The first-order chi connectivity index (χ1) is 9.15. The first kappa shape index (κ1) is 13.5. The molecule has 0 saturated carbocycles. The summed E-state index contributed by atoms with van der Waals surface area (Å²) in [6.07, 6.45) is 1.75. The average Bonchev–Trinajstić information content (AvgIpc) is 2.87. The largest absolute Gasteiger partial charge is 0.496 e. The predicted molar refractivity (Wildman–Crippen MR) is 72.1 cm³/mol. The summed E-state index contributed by atoms with van der Waals surface area (Å²) in [6.45, 7) is 4.05. The van der Waals surface area contributed by atoms with Crippen LogP contribution in [-0.2, 0) is 6.42 Å². The topological polar surface area (TPSA) is 74.2 Å². The van der Waals surface area contributed by atoms with Crippen molar-refractivity contribution in [3.8, 4) is 5.75 Å². The van der Waals surface area contributed by atoms with E-state index < -0.39 is 0 Å². The fraction of sp³-hybridized carbons (Fsp3) is 0.429. The Balaban J connectivity index is 2.22. The highest BCUT2D eigenvalue weighted by atomic mass is 16.5. The van der Waals surface area contributed by atoms with Crippen LogP contribution in [0.25, 0.3) is 0 Å². The zero-order valence-electron chi connectivity index (χ0n) is 11.5. The lowest BCUT2D eigenvalue weighted by Crippen LogP contribution is -2.14. The Morgan fingerprint density at radius 1 is 1.42 bits per heavy atom. The molecule has 1 aromatic carbocycles. The third-order valence-electron chi connectivity index (χ3n) is 3.00. The highest BCUT2D eigenvalue weighted by molar-refractivity contribution is 5.38. The van der Waals surface area contributed by atoms with Gasteiger partial charge in [-0.05, 0) is 30.5 Å². The van der Waals surface area contributed by atoms with Gasteiger partial charge in [0.1, 0.15) is 5.75 Å². The number of nitrogens with zero attached hydrogens (tertiary/aromatic N) is 2. The number of ether oxygens (including phenoxy) is 1. The average molecular weight is 261 g/mol. The first-order valence-corrected chi connectivity index (χ1v) is 6.38. The lowest BCUT2D eigenvalue weighted by atomic mass is 10.0. The Morgan fingerprint density at radius 3 is 2.84 bits per heavy atom. The van der Waals surface area contributed by atoms with Crippen LogP contribution in [0.3, 0.4) is 0 Å². The number of aromatic nitrogens is 2. The smallest absolute Gasteiger partial charge is 0.226 e. The van der Waals surface area contributed by atoms with Gasteiger partial charge in [-0.1, -0.05) is 24.2 Å². The van der Waals surface area contributed by atoms with E-state index in [1.165, 1.54) is 0 Å². The molecular weight excluding hydrogens is 242 g/mol. The molecule has 0 aliphatic rings. The van der Waals surface area contributed by atoms with Gasteiger partial charge >= 0.3 is 0 Å². The molecule has 1 unspecified atom stereocenters. The zero-order valence-corrected chi connectivity index (χ0v) is 11.5. The minimum absolute atomic E-state index is 0.376. The lowest BCUT2D eigenvalue weighted by molar-refractivity contribution is 0.370. The van der Waals surface area contributed by atoms with Crippen LogP contribution in [0.2, 0.25) is 0 Å². The van der Waals surface area contributed by atoms with Crippen LogP contribution in [0.1, 0.15) is 42.2 Å². The van der Waals surface area contributed by atoms with Crippen LogP contribution in [0.4, 0.5) is 0 Å². The van der Waals surface area contributed by atoms with Crippen LogP contribution >= 0.6 is 0 Å². The molecule has 19 heavy (non-hydrogen) atoms. The fourth-order valence-electron chi connectivity index (χ4n) is 1.95. The van der Waals surface area contributed by atoms with E-state index in [-0.39, 0.29) is 6.04 Å². The van der Waals surface area contributed by atoms with Crippen molar-refractivity contribution < 1.29 is 9.26 Å². The molecule has 2 N–H and O–H groups in total. The predicted octanol–water partition coefficient (Wildman–Crippen LogP) is 2.39. The number of rotatable bonds is 5. The maximum Gasteiger partial charge on any atom is 0.226 e. The van der Waals surface area contributed by atoms with E-state index in [1.807, 2.05) is 25.1 Å². The van der Waals surface area contributed by atoms with Crippen LogP contribution in [0.5, 0.6) is 5.75 Å². The molecule has 5 heteroatoms. The Bertz CT molecular complexity index is 551. The summed E-state index contributed by atoms with van der Waals surface area (Å²) in [4.78, 5) is 4.31. The van der Waals surface area contributed by atoms with Crippen molar-refractivity contribution in [2.45, 2.75) is 32.7 Å². The molecule has 0 fully saturated rings. The van der Waals surface area contributed by atoms with Gasteiger partial charge in [-0.3, -0.25) is 0 Å². The molecule has 0 bridgehead atoms. The van der Waals surface area contributed by atoms with Crippen molar-refractivity contribution in [2.24, 2.45) is 5.73 Å². The molecule has 102 valence electrons. The van der Waals surface area contributed by atoms with Gasteiger partial charge in [-0.2, -0.15) is 4.98 Å². The normalized spacial score (nSPS) is 12.4. The standard InChI is InChI=1S/C14H19N3O2/c1-4-5-12-16-14(17-19-12)13(15)10-6-7-11(18-3)9(2)8-10/h6-8,13H,4-5,15H2,1-3H3. The van der Waals surface area contributed by atoms with Gasteiger partial charge in [0.05, 0.1) is 13.2 Å². The highest BCUT2D eigenvalue weighted by Gasteiger charge is 2.16. The van der Waals surface area contributed by atoms with Crippen molar-refractivity contribution in [3.63, 3.8) is 0 Å². The van der Waals surface area contributed by atoms with Crippen molar-refractivity contribution in [1.29, 1.82) is 0 Å². The summed E-state index contributed by atoms with van der Waals surface area (Å²) in [5.41, 5.74) is 8.14. The van der Waals surface area contributed by atoms with E-state index >= 15 is 0 Å². The molecule has 0 saturated heterocycles. The minimum atomic E-state index is -0.376. The molecule has 1 heterocycles. The van der Waals surface area contributed by atoms with Crippen LogP contribution in [0.15, 0.2) is 22.7 Å². The summed E-state index contributed by atoms with van der Waals surface area (Å²) in [7, 11) is 1.65. The summed E-state index contributed by atoms with van der Waals surface area (Å²) < 4.78 is 10.4. The SMILES string of the molecule is CCCc1nc(C(N)c2ccc(OC)c(C)c2)no1. The zero-order chi connectivity index (χ0) is 13.8. The van der Waals surface area contributed by atoms with E-state index in [2.05, 4.69) is 17.1 Å². The second kappa shape index (κ2) is 5.84. The van der Waals surface area contributed by atoms with E-state index in [4.69, 9.17) is 15.0 Å². The molecule has 2 rings (SSSR count). The maximum atomic E-state index is 6.16.